The summed E-state index contributed by atoms with van der Waals surface area (Å²) in [6, 6.07) is 19.4. The summed E-state index contributed by atoms with van der Waals surface area (Å²) < 4.78 is 11.2. The first-order chi connectivity index (χ1) is 14.0. The van der Waals surface area contributed by atoms with Crippen LogP contribution in [-0.2, 0) is 6.61 Å². The number of nitrogens with one attached hydrogen (secondary N) is 1. The molecule has 0 aliphatic rings. The first kappa shape index (κ1) is 20.7. The molecule has 0 aliphatic heterocycles. The van der Waals surface area contributed by atoms with Gasteiger partial charge in [0.1, 0.15) is 6.61 Å². The van der Waals surface area contributed by atoms with Gasteiger partial charge in [-0.2, -0.15) is 5.10 Å². The van der Waals surface area contributed by atoms with Crippen LogP contribution in [0.25, 0.3) is 0 Å². The van der Waals surface area contributed by atoms with E-state index in [2.05, 4.69) is 10.5 Å². The Balaban J connectivity index is 1.61. The minimum atomic E-state index is -0.326. The predicted octanol–water partition coefficient (Wildman–Crippen LogP) is 5.34. The topological polar surface area (TPSA) is 59.9 Å². The van der Waals surface area contributed by atoms with E-state index in [9.17, 15) is 4.79 Å². The molecule has 0 aromatic heterocycles. The number of carbonyl (C=O) groups is 1. The first-order valence-electron chi connectivity index (χ1n) is 8.69. The van der Waals surface area contributed by atoms with Crippen LogP contribution in [0.2, 0.25) is 10.0 Å². The molecule has 0 saturated heterocycles. The summed E-state index contributed by atoms with van der Waals surface area (Å²) >= 11 is 11.7. The van der Waals surface area contributed by atoms with Crippen molar-refractivity contribution < 1.29 is 14.3 Å². The van der Waals surface area contributed by atoms with Crippen LogP contribution in [0, 0.1) is 0 Å². The molecule has 5 nitrogen and oxygen atoms in total. The van der Waals surface area contributed by atoms with Crippen LogP contribution >= 0.6 is 23.2 Å². The molecule has 0 radical (unpaired) electrons. The summed E-state index contributed by atoms with van der Waals surface area (Å²) in [5, 5.41) is 5.22. The van der Waals surface area contributed by atoms with Crippen molar-refractivity contribution in [3.63, 3.8) is 0 Å². The Morgan fingerprint density at radius 1 is 0.966 bits per heavy atom. The highest BCUT2D eigenvalue weighted by Gasteiger charge is 2.07. The highest BCUT2D eigenvalue weighted by atomic mass is 35.5. The second-order valence-corrected chi connectivity index (χ2v) is 6.90. The second kappa shape index (κ2) is 9.96. The molecule has 0 saturated carbocycles. The fourth-order valence-electron chi connectivity index (χ4n) is 2.46. The molecule has 0 unspecified atom stereocenters. The Kier molecular flexibility index (Phi) is 7.11. The van der Waals surface area contributed by atoms with E-state index in [-0.39, 0.29) is 5.91 Å². The molecule has 0 bridgehead atoms. The fourth-order valence-corrected chi connectivity index (χ4v) is 2.71. The normalized spacial score (nSPS) is 10.7. The molecular weight excluding hydrogens is 411 g/mol. The lowest BCUT2D eigenvalue weighted by Gasteiger charge is -2.11. The summed E-state index contributed by atoms with van der Waals surface area (Å²) in [7, 11) is 1.56. The number of halogens is 2. The maximum atomic E-state index is 12.0. The summed E-state index contributed by atoms with van der Waals surface area (Å²) in [6.07, 6.45) is 1.53. The number of rotatable bonds is 7. The van der Waals surface area contributed by atoms with Crippen molar-refractivity contribution in [2.45, 2.75) is 6.61 Å². The number of nitrogens with zero attached hydrogens (tertiary/aromatic N) is 1. The number of benzene rings is 3. The zero-order valence-corrected chi connectivity index (χ0v) is 17.1. The lowest BCUT2D eigenvalue weighted by Crippen LogP contribution is -2.17. The Hall–Kier alpha value is -3.02. The lowest BCUT2D eigenvalue weighted by molar-refractivity contribution is 0.0955. The third-order valence-corrected chi connectivity index (χ3v) is 4.49. The Labute approximate surface area is 178 Å². The molecule has 0 heterocycles. The van der Waals surface area contributed by atoms with Gasteiger partial charge in [0.2, 0.25) is 0 Å². The molecule has 3 rings (SSSR count). The molecule has 7 heteroatoms. The number of hydrogen-bond acceptors (Lipinski definition) is 4. The Morgan fingerprint density at radius 3 is 2.28 bits per heavy atom. The van der Waals surface area contributed by atoms with E-state index in [1.807, 2.05) is 30.3 Å². The molecule has 0 atom stereocenters. The number of hydrazone groups is 1. The molecule has 1 N–H and O–H groups in total. The van der Waals surface area contributed by atoms with Crippen molar-refractivity contribution in [2.24, 2.45) is 5.10 Å². The van der Waals surface area contributed by atoms with Crippen molar-refractivity contribution in [1.82, 2.24) is 5.43 Å². The van der Waals surface area contributed by atoms with Gasteiger partial charge in [0.25, 0.3) is 5.91 Å². The quantitative estimate of drug-likeness (QED) is 0.407. The zero-order chi connectivity index (χ0) is 20.6. The molecule has 3 aromatic carbocycles. The number of ether oxygens (including phenoxy) is 2. The second-order valence-electron chi connectivity index (χ2n) is 6.03. The summed E-state index contributed by atoms with van der Waals surface area (Å²) in [5.41, 5.74) is 4.68. The van der Waals surface area contributed by atoms with Crippen LogP contribution in [0.5, 0.6) is 11.5 Å². The van der Waals surface area contributed by atoms with Gasteiger partial charge >= 0.3 is 0 Å². The average Bonchev–Trinajstić information content (AvgIpc) is 2.74. The van der Waals surface area contributed by atoms with Gasteiger partial charge in [-0.3, -0.25) is 4.79 Å². The van der Waals surface area contributed by atoms with Gasteiger partial charge in [0.05, 0.1) is 13.3 Å². The van der Waals surface area contributed by atoms with E-state index < -0.39 is 0 Å². The van der Waals surface area contributed by atoms with Gasteiger partial charge < -0.3 is 9.47 Å². The van der Waals surface area contributed by atoms with Crippen molar-refractivity contribution in [2.75, 3.05) is 7.11 Å². The molecule has 148 valence electrons. The molecule has 1 amide bonds. The monoisotopic (exact) mass is 428 g/mol. The van der Waals surface area contributed by atoms with Crippen molar-refractivity contribution in [3.05, 3.63) is 93.5 Å². The highest BCUT2D eigenvalue weighted by molar-refractivity contribution is 6.30. The standard InChI is InChI=1S/C22H18Cl2N2O3/c1-28-21-12-16(13-25-26-22(27)17-5-9-19(24)10-6-17)4-11-20(21)29-14-15-2-7-18(23)8-3-15/h2-13H,14H2,1H3,(H,26,27)/b25-13+. The third kappa shape index (κ3) is 5.98. The molecular formula is C22H18Cl2N2O3. The maximum absolute atomic E-state index is 12.0. The van der Waals surface area contributed by atoms with Gasteiger partial charge in [0.15, 0.2) is 11.5 Å². The predicted molar refractivity (Wildman–Crippen MR) is 115 cm³/mol. The van der Waals surface area contributed by atoms with Crippen LogP contribution in [0.3, 0.4) is 0 Å². The van der Waals surface area contributed by atoms with Crippen LogP contribution in [0.1, 0.15) is 21.5 Å². The van der Waals surface area contributed by atoms with Gasteiger partial charge in [-0.1, -0.05) is 35.3 Å². The summed E-state index contributed by atoms with van der Waals surface area (Å²) in [5.74, 6) is 0.838. The van der Waals surface area contributed by atoms with Crippen LogP contribution in [0.4, 0.5) is 0 Å². The Bertz CT molecular complexity index is 1000. The van der Waals surface area contributed by atoms with Gasteiger partial charge in [-0.05, 0) is 65.7 Å². The SMILES string of the molecule is COc1cc(/C=N/NC(=O)c2ccc(Cl)cc2)ccc1OCc1ccc(Cl)cc1. The number of carbonyl (C=O) groups excluding carboxylic acids is 1. The van der Waals surface area contributed by atoms with Crippen LogP contribution < -0.4 is 14.9 Å². The van der Waals surface area contributed by atoms with E-state index >= 15 is 0 Å². The molecule has 29 heavy (non-hydrogen) atoms. The smallest absolute Gasteiger partial charge is 0.271 e. The van der Waals surface area contributed by atoms with E-state index in [1.54, 1.807) is 43.5 Å². The van der Waals surface area contributed by atoms with Gasteiger partial charge in [-0.25, -0.2) is 5.43 Å². The number of methoxy groups -OCH3 is 1. The van der Waals surface area contributed by atoms with Crippen molar-refractivity contribution in [1.29, 1.82) is 0 Å². The van der Waals surface area contributed by atoms with Gasteiger partial charge in [-0.15, -0.1) is 0 Å². The van der Waals surface area contributed by atoms with Gasteiger partial charge in [0, 0.05) is 15.6 Å². The van der Waals surface area contributed by atoms with E-state index in [4.69, 9.17) is 32.7 Å². The highest BCUT2D eigenvalue weighted by Crippen LogP contribution is 2.28. The first-order valence-corrected chi connectivity index (χ1v) is 9.45. The summed E-state index contributed by atoms with van der Waals surface area (Å²) in [4.78, 5) is 12.0. The molecule has 0 fully saturated rings. The Morgan fingerprint density at radius 2 is 1.62 bits per heavy atom. The van der Waals surface area contributed by atoms with E-state index in [1.165, 1.54) is 6.21 Å². The molecule has 0 aliphatic carbocycles. The largest absolute Gasteiger partial charge is 0.493 e. The number of hydrogen-bond donors (Lipinski definition) is 1. The third-order valence-electron chi connectivity index (χ3n) is 3.98. The molecule has 0 spiro atoms. The maximum Gasteiger partial charge on any atom is 0.271 e. The number of amides is 1. The van der Waals surface area contributed by atoms with Crippen molar-refractivity contribution in [3.8, 4) is 11.5 Å². The van der Waals surface area contributed by atoms with Crippen LogP contribution in [0.15, 0.2) is 71.8 Å². The van der Waals surface area contributed by atoms with E-state index in [0.29, 0.717) is 33.7 Å². The average molecular weight is 429 g/mol. The van der Waals surface area contributed by atoms with E-state index in [0.717, 1.165) is 11.1 Å². The summed E-state index contributed by atoms with van der Waals surface area (Å²) in [6.45, 7) is 0.387. The minimum absolute atomic E-state index is 0.326. The molecule has 3 aromatic rings. The zero-order valence-electron chi connectivity index (χ0n) is 15.6. The fraction of sp³-hybridized carbons (Fsp3) is 0.0909. The lowest BCUT2D eigenvalue weighted by atomic mass is 10.2. The van der Waals surface area contributed by atoms with Crippen molar-refractivity contribution >= 4 is 35.3 Å². The minimum Gasteiger partial charge on any atom is -0.493 e. The van der Waals surface area contributed by atoms with Crippen LogP contribution in [-0.4, -0.2) is 19.2 Å².